The van der Waals surface area contributed by atoms with E-state index in [0.29, 0.717) is 52.7 Å². The lowest BCUT2D eigenvalue weighted by Gasteiger charge is -2.35. The number of aryl methyl sites for hydroxylation is 1. The minimum atomic E-state index is -4.71. The number of aromatic nitrogens is 3. The number of carbonyl (C=O) groups is 1. The number of carbonyl (C=O) groups excluding carboxylic acids is 1. The summed E-state index contributed by atoms with van der Waals surface area (Å²) < 4.78 is 75.0. The van der Waals surface area contributed by atoms with Crippen molar-refractivity contribution in [1.82, 2.24) is 15.0 Å². The highest BCUT2D eigenvalue weighted by Gasteiger charge is 2.43. The van der Waals surface area contributed by atoms with Crippen molar-refractivity contribution < 1.29 is 31.5 Å². The van der Waals surface area contributed by atoms with E-state index < -0.39 is 29.2 Å². The Bertz CT molecular complexity index is 1470. The highest BCUT2D eigenvalue weighted by Crippen LogP contribution is 2.43. The van der Waals surface area contributed by atoms with Gasteiger partial charge >= 0.3 is 12.1 Å². The Balaban J connectivity index is 1.44. The Morgan fingerprint density at radius 2 is 1.86 bits per heavy atom. The van der Waals surface area contributed by atoms with Crippen LogP contribution in [-0.4, -0.2) is 59.4 Å². The number of rotatable bonds is 7. The summed E-state index contributed by atoms with van der Waals surface area (Å²) in [6, 6.07) is 4.14. The van der Waals surface area contributed by atoms with Crippen molar-refractivity contribution >= 4 is 39.1 Å². The third-order valence-corrected chi connectivity index (χ3v) is 8.66. The van der Waals surface area contributed by atoms with Gasteiger partial charge in [-0.15, -0.1) is 0 Å². The molecule has 0 spiro atoms. The van der Waals surface area contributed by atoms with E-state index in [9.17, 15) is 22.4 Å². The molecule has 0 unspecified atom stereocenters. The number of piperidine rings is 2. The van der Waals surface area contributed by atoms with Gasteiger partial charge in [0.2, 0.25) is 5.67 Å². The zero-order valence-electron chi connectivity index (χ0n) is 24.1. The third-order valence-electron chi connectivity index (χ3n) is 7.63. The van der Waals surface area contributed by atoms with E-state index in [1.807, 2.05) is 4.90 Å². The lowest BCUT2D eigenvalue weighted by atomic mass is 9.93. The Hall–Kier alpha value is -3.55. The van der Waals surface area contributed by atoms with Gasteiger partial charge in [0, 0.05) is 50.7 Å². The maximum Gasteiger partial charge on any atom is 0.416 e. The number of nitrogens with one attached hydrogen (secondary N) is 1. The quantitative estimate of drug-likeness (QED) is 0.224. The Morgan fingerprint density at radius 3 is 2.53 bits per heavy atom. The lowest BCUT2D eigenvalue weighted by Crippen LogP contribution is -2.47. The molecule has 0 amide bonds. The van der Waals surface area contributed by atoms with Crippen molar-refractivity contribution in [2.45, 2.75) is 58.3 Å². The molecule has 2 aromatic heterocycles. The fourth-order valence-electron chi connectivity index (χ4n) is 5.47. The van der Waals surface area contributed by atoms with Gasteiger partial charge in [-0.1, -0.05) is 18.3 Å². The molecule has 2 aliphatic rings. The lowest BCUT2D eigenvalue weighted by molar-refractivity contribution is -0.158. The highest BCUT2D eigenvalue weighted by molar-refractivity contribution is 7.20. The molecule has 0 aliphatic carbocycles. The van der Waals surface area contributed by atoms with Gasteiger partial charge in [0.05, 0.1) is 12.2 Å². The van der Waals surface area contributed by atoms with Crippen LogP contribution in [-0.2, 0) is 15.7 Å². The van der Waals surface area contributed by atoms with Crippen molar-refractivity contribution in [3.8, 4) is 11.3 Å². The molecule has 4 heterocycles. The normalized spacial score (nSPS) is 18.9. The van der Waals surface area contributed by atoms with Crippen LogP contribution in [0.3, 0.4) is 0 Å². The molecule has 2 aliphatic heterocycles. The number of esters is 1. The number of ether oxygens (including phenoxy) is 1. The first-order chi connectivity index (χ1) is 20.3. The molecule has 1 aromatic carbocycles. The predicted octanol–water partition coefficient (Wildman–Crippen LogP) is 6.92. The van der Waals surface area contributed by atoms with Gasteiger partial charge in [-0.25, -0.2) is 28.5 Å². The van der Waals surface area contributed by atoms with Crippen LogP contribution < -0.4 is 15.1 Å². The summed E-state index contributed by atoms with van der Waals surface area (Å²) in [7, 11) is 0. The van der Waals surface area contributed by atoms with Crippen molar-refractivity contribution in [2.75, 3.05) is 47.9 Å². The molecule has 5 rings (SSSR count). The van der Waals surface area contributed by atoms with Gasteiger partial charge < -0.3 is 19.9 Å². The molecule has 0 radical (unpaired) electrons. The van der Waals surface area contributed by atoms with Gasteiger partial charge in [0.25, 0.3) is 0 Å². The van der Waals surface area contributed by atoms with E-state index in [1.54, 1.807) is 19.9 Å². The van der Waals surface area contributed by atoms with E-state index in [4.69, 9.17) is 4.74 Å². The molecule has 232 valence electrons. The number of anilines is 4. The van der Waals surface area contributed by atoms with Crippen LogP contribution in [0.25, 0.3) is 11.3 Å². The molecule has 0 bridgehead atoms. The van der Waals surface area contributed by atoms with E-state index in [0.717, 1.165) is 25.0 Å². The second kappa shape index (κ2) is 12.2. The van der Waals surface area contributed by atoms with Crippen molar-refractivity contribution in [3.05, 3.63) is 41.5 Å². The SMILES string of the molecule is CCOC(=O)C1(F)CCN(c2cc(Nc3nc(-c4cc(F)cc(C(F)(F)F)c4)c(N4CCC[C@H](C)C4)s3)nc(C)n2)CC1. The second-order valence-corrected chi connectivity index (χ2v) is 12.0. The van der Waals surface area contributed by atoms with E-state index in [-0.39, 0.29) is 43.8 Å². The minimum absolute atomic E-state index is 0.0361. The van der Waals surface area contributed by atoms with Crippen LogP contribution in [0.15, 0.2) is 24.3 Å². The first-order valence-corrected chi connectivity index (χ1v) is 15.0. The Morgan fingerprint density at radius 1 is 1.12 bits per heavy atom. The molecule has 3 aromatic rings. The Kier molecular flexibility index (Phi) is 8.77. The van der Waals surface area contributed by atoms with E-state index in [2.05, 4.69) is 32.1 Å². The van der Waals surface area contributed by atoms with Gasteiger partial charge in [0.15, 0.2) is 5.13 Å². The standard InChI is InChI=1S/C29H33F5N6O2S/c1-4-42-26(41)28(31)7-10-39(11-8-28)23-15-22(35-18(3)36-23)37-27-38-24(25(43-27)40-9-5-6-17(2)16-40)19-12-20(29(32,33)34)14-21(30)13-19/h12-15,17H,4-11,16H2,1-3H3,(H,35,36,37,38)/t17-/m0/s1. The van der Waals surface area contributed by atoms with Crippen LogP contribution in [0.4, 0.5) is 43.7 Å². The van der Waals surface area contributed by atoms with Gasteiger partial charge in [-0.3, -0.25) is 0 Å². The summed E-state index contributed by atoms with van der Waals surface area (Å²) in [5.41, 5.74) is -2.83. The van der Waals surface area contributed by atoms with E-state index >= 15 is 4.39 Å². The summed E-state index contributed by atoms with van der Waals surface area (Å²) in [6.07, 6.45) is -2.85. The molecule has 2 saturated heterocycles. The fraction of sp³-hybridized carbons (Fsp3) is 0.517. The van der Waals surface area contributed by atoms with Crippen LogP contribution in [0.2, 0.25) is 0 Å². The van der Waals surface area contributed by atoms with E-state index in [1.165, 1.54) is 11.3 Å². The molecule has 1 atom stereocenters. The molecular formula is C29H33F5N6O2S. The largest absolute Gasteiger partial charge is 0.464 e. The van der Waals surface area contributed by atoms with Crippen LogP contribution in [0.5, 0.6) is 0 Å². The number of hydrogen-bond acceptors (Lipinski definition) is 9. The summed E-state index contributed by atoms with van der Waals surface area (Å²) in [6.45, 7) is 7.44. The van der Waals surface area contributed by atoms with Gasteiger partial charge in [-0.2, -0.15) is 13.2 Å². The number of hydrogen-bond donors (Lipinski definition) is 1. The van der Waals surface area contributed by atoms with Crippen LogP contribution >= 0.6 is 11.3 Å². The maximum atomic E-state index is 15.1. The maximum absolute atomic E-state index is 15.1. The summed E-state index contributed by atoms with van der Waals surface area (Å²) in [5.74, 6) is -0.119. The average molecular weight is 625 g/mol. The zero-order valence-corrected chi connectivity index (χ0v) is 24.9. The van der Waals surface area contributed by atoms with Crippen molar-refractivity contribution in [1.29, 1.82) is 0 Å². The van der Waals surface area contributed by atoms with Crippen molar-refractivity contribution in [2.24, 2.45) is 5.92 Å². The molecule has 0 saturated carbocycles. The first-order valence-electron chi connectivity index (χ1n) is 14.2. The zero-order chi connectivity index (χ0) is 30.9. The highest BCUT2D eigenvalue weighted by atomic mass is 32.1. The first kappa shape index (κ1) is 30.9. The molecule has 1 N–H and O–H groups in total. The molecular weight excluding hydrogens is 591 g/mol. The summed E-state index contributed by atoms with van der Waals surface area (Å²) >= 11 is 1.26. The number of alkyl halides is 4. The molecule has 8 nitrogen and oxygen atoms in total. The second-order valence-electron chi connectivity index (χ2n) is 11.0. The number of benzene rings is 1. The molecule has 43 heavy (non-hydrogen) atoms. The predicted molar refractivity (Wildman–Crippen MR) is 155 cm³/mol. The fourth-order valence-corrected chi connectivity index (χ4v) is 6.50. The van der Waals surface area contributed by atoms with Crippen LogP contribution in [0, 0.1) is 18.7 Å². The van der Waals surface area contributed by atoms with Gasteiger partial charge in [0.1, 0.15) is 34.0 Å². The Labute approximate surface area is 250 Å². The summed E-state index contributed by atoms with van der Waals surface area (Å²) in [4.78, 5) is 29.6. The van der Waals surface area contributed by atoms with Crippen molar-refractivity contribution in [3.63, 3.8) is 0 Å². The average Bonchev–Trinajstić information content (AvgIpc) is 3.36. The number of halogens is 5. The number of thiazole rings is 1. The smallest absolute Gasteiger partial charge is 0.416 e. The molecule has 14 heteroatoms. The van der Waals surface area contributed by atoms with Crippen LogP contribution in [0.1, 0.15) is 50.9 Å². The van der Waals surface area contributed by atoms with Gasteiger partial charge in [-0.05, 0) is 50.8 Å². The summed E-state index contributed by atoms with van der Waals surface area (Å²) in [5, 5.41) is 4.17. The number of nitrogens with zero attached hydrogens (tertiary/aromatic N) is 5. The minimum Gasteiger partial charge on any atom is -0.464 e. The third kappa shape index (κ3) is 7.00. The monoisotopic (exact) mass is 624 g/mol. The molecule has 2 fully saturated rings. The topological polar surface area (TPSA) is 83.5 Å².